The van der Waals surface area contributed by atoms with E-state index in [1.54, 1.807) is 19.9 Å². The van der Waals surface area contributed by atoms with E-state index in [0.29, 0.717) is 11.7 Å². The van der Waals surface area contributed by atoms with Crippen molar-refractivity contribution in [1.29, 1.82) is 5.26 Å². The van der Waals surface area contributed by atoms with Crippen LogP contribution < -0.4 is 5.73 Å². The van der Waals surface area contributed by atoms with Crippen molar-refractivity contribution in [2.45, 2.75) is 27.7 Å². The average Bonchev–Trinajstić information content (AvgIpc) is 2.52. The zero-order valence-corrected chi connectivity index (χ0v) is 9.22. The van der Waals surface area contributed by atoms with Crippen LogP contribution in [0, 0.1) is 25.2 Å². The molecule has 1 aromatic heterocycles. The van der Waals surface area contributed by atoms with Crippen LogP contribution in [-0.4, -0.2) is 21.2 Å². The van der Waals surface area contributed by atoms with E-state index in [1.807, 2.05) is 0 Å². The van der Waals surface area contributed by atoms with Crippen LogP contribution in [0.4, 0.5) is 0 Å². The first-order valence-corrected chi connectivity index (χ1v) is 3.99. The minimum Gasteiger partial charge on any atom is -0.409 e. The zero-order chi connectivity index (χ0) is 12.3. The summed E-state index contributed by atoms with van der Waals surface area (Å²) in [6.45, 7) is 6.48. The second-order valence-electron chi connectivity index (χ2n) is 2.33. The molecule has 1 heterocycles. The Morgan fingerprint density at radius 2 is 2.00 bits per heavy atom. The lowest BCUT2D eigenvalue weighted by molar-refractivity contribution is 0.318. The van der Waals surface area contributed by atoms with E-state index in [4.69, 9.17) is 16.2 Å². The fourth-order valence-electron chi connectivity index (χ4n) is 0.401. The van der Waals surface area contributed by atoms with Gasteiger partial charge in [-0.1, -0.05) is 10.3 Å². The number of nitrogens with zero attached hydrogens (tertiary/aromatic N) is 4. The quantitative estimate of drug-likeness (QED) is 0.286. The van der Waals surface area contributed by atoms with Crippen molar-refractivity contribution in [3.8, 4) is 6.07 Å². The van der Waals surface area contributed by atoms with Gasteiger partial charge in [0.2, 0.25) is 5.89 Å². The standard InChI is InChI=1S/C4H6N2O.C2H6N2O.C2H3N/c1-3-5-4(2)7-6-3;1-2(3)4-5;1-2-3/h1-2H3;5H,1H3,(H2,3,4);1H3. The Bertz CT molecular complexity index is 306. The molecule has 0 amide bonds. The number of hydrogen-bond donors (Lipinski definition) is 2. The molecule has 7 heteroatoms. The molecule has 0 unspecified atom stereocenters. The lowest BCUT2D eigenvalue weighted by Gasteiger charge is -1.73. The molecule has 0 aromatic carbocycles. The fraction of sp³-hybridized carbons (Fsp3) is 0.500. The van der Waals surface area contributed by atoms with Gasteiger partial charge in [-0.3, -0.25) is 0 Å². The molecule has 0 fully saturated rings. The summed E-state index contributed by atoms with van der Waals surface area (Å²) in [6.07, 6.45) is 0. The first kappa shape index (κ1) is 15.4. The van der Waals surface area contributed by atoms with Crippen LogP contribution >= 0.6 is 0 Å². The fourth-order valence-corrected chi connectivity index (χ4v) is 0.401. The highest BCUT2D eigenvalue weighted by molar-refractivity contribution is 5.76. The molecule has 0 aliphatic carbocycles. The zero-order valence-electron chi connectivity index (χ0n) is 9.22. The van der Waals surface area contributed by atoms with Gasteiger partial charge in [-0.05, 0) is 13.8 Å². The summed E-state index contributed by atoms with van der Waals surface area (Å²) in [6, 6.07) is 1.75. The van der Waals surface area contributed by atoms with E-state index in [-0.39, 0.29) is 5.84 Å². The van der Waals surface area contributed by atoms with Crippen molar-refractivity contribution in [3.05, 3.63) is 11.7 Å². The molecule has 0 aliphatic rings. The van der Waals surface area contributed by atoms with E-state index < -0.39 is 0 Å². The molecule has 1 aromatic rings. The number of rotatable bonds is 0. The molecule has 0 atom stereocenters. The average molecular weight is 213 g/mol. The summed E-state index contributed by atoms with van der Waals surface area (Å²) < 4.78 is 4.60. The van der Waals surface area contributed by atoms with E-state index in [1.165, 1.54) is 13.8 Å². The number of aromatic nitrogens is 2. The maximum absolute atomic E-state index is 7.61. The number of hydrogen-bond acceptors (Lipinski definition) is 6. The van der Waals surface area contributed by atoms with Gasteiger partial charge < -0.3 is 15.5 Å². The minimum atomic E-state index is 0.185. The predicted octanol–water partition coefficient (Wildman–Crippen LogP) is 0.969. The summed E-state index contributed by atoms with van der Waals surface area (Å²) in [5.41, 5.74) is 4.79. The van der Waals surface area contributed by atoms with Crippen LogP contribution in [0.5, 0.6) is 0 Å². The van der Waals surface area contributed by atoms with Crippen LogP contribution in [0.3, 0.4) is 0 Å². The van der Waals surface area contributed by atoms with Gasteiger partial charge in [-0.25, -0.2) is 0 Å². The molecule has 84 valence electrons. The first-order valence-electron chi connectivity index (χ1n) is 3.99. The van der Waals surface area contributed by atoms with E-state index in [9.17, 15) is 0 Å². The molecule has 0 spiro atoms. The van der Waals surface area contributed by atoms with E-state index in [0.717, 1.165) is 0 Å². The Kier molecular flexibility index (Phi) is 10.2. The van der Waals surface area contributed by atoms with Crippen LogP contribution in [0.1, 0.15) is 25.6 Å². The van der Waals surface area contributed by atoms with Crippen molar-refractivity contribution < 1.29 is 9.73 Å². The molecule has 0 saturated heterocycles. The molecule has 1 rings (SSSR count). The lowest BCUT2D eigenvalue weighted by Crippen LogP contribution is -2.03. The molecule has 15 heavy (non-hydrogen) atoms. The molecule has 0 saturated carbocycles. The van der Waals surface area contributed by atoms with Crippen molar-refractivity contribution in [3.63, 3.8) is 0 Å². The third-order valence-electron chi connectivity index (χ3n) is 0.787. The van der Waals surface area contributed by atoms with Crippen LogP contribution in [0.15, 0.2) is 9.68 Å². The van der Waals surface area contributed by atoms with Crippen LogP contribution in [0.25, 0.3) is 0 Å². The molecular formula is C8H15N5O2. The van der Waals surface area contributed by atoms with Crippen molar-refractivity contribution >= 4 is 5.84 Å². The van der Waals surface area contributed by atoms with Crippen LogP contribution in [-0.2, 0) is 0 Å². The minimum absolute atomic E-state index is 0.185. The summed E-state index contributed by atoms with van der Waals surface area (Å²) in [4.78, 5) is 3.83. The Balaban J connectivity index is 0. The van der Waals surface area contributed by atoms with E-state index >= 15 is 0 Å². The third kappa shape index (κ3) is 14.7. The smallest absolute Gasteiger partial charge is 0.223 e. The van der Waals surface area contributed by atoms with Gasteiger partial charge >= 0.3 is 0 Å². The van der Waals surface area contributed by atoms with Crippen molar-refractivity contribution in [1.82, 2.24) is 10.1 Å². The van der Waals surface area contributed by atoms with E-state index in [2.05, 4.69) is 19.8 Å². The SMILES string of the molecule is CC#N.CC(N)=NO.Cc1noc(C)n1. The maximum Gasteiger partial charge on any atom is 0.223 e. The third-order valence-corrected chi connectivity index (χ3v) is 0.787. The summed E-state index contributed by atoms with van der Waals surface area (Å²) in [5.74, 6) is 1.50. The van der Waals surface area contributed by atoms with Gasteiger partial charge in [-0.2, -0.15) is 10.2 Å². The number of nitrogens with two attached hydrogens (primary N) is 1. The topological polar surface area (TPSA) is 121 Å². The Morgan fingerprint density at radius 3 is 2.07 bits per heavy atom. The monoisotopic (exact) mass is 213 g/mol. The largest absolute Gasteiger partial charge is 0.409 e. The highest BCUT2D eigenvalue weighted by atomic mass is 16.5. The Labute approximate surface area is 88.2 Å². The first-order chi connectivity index (χ1) is 6.97. The number of oxime groups is 1. The summed E-state index contributed by atoms with van der Waals surface area (Å²) in [7, 11) is 0. The highest BCUT2D eigenvalue weighted by Gasteiger charge is 1.89. The normalized spacial score (nSPS) is 8.87. The van der Waals surface area contributed by atoms with Gasteiger partial charge in [0.1, 0.15) is 5.84 Å². The number of aryl methyl sites for hydroxylation is 2. The van der Waals surface area contributed by atoms with Gasteiger partial charge in [0.25, 0.3) is 0 Å². The van der Waals surface area contributed by atoms with Gasteiger partial charge in [0.05, 0.1) is 6.07 Å². The molecule has 0 aliphatic heterocycles. The van der Waals surface area contributed by atoms with Gasteiger partial charge in [0, 0.05) is 13.8 Å². The Hall–Kier alpha value is -2.10. The predicted molar refractivity (Wildman–Crippen MR) is 54.1 cm³/mol. The summed E-state index contributed by atoms with van der Waals surface area (Å²) >= 11 is 0. The number of amidine groups is 1. The molecular weight excluding hydrogens is 198 g/mol. The molecule has 7 nitrogen and oxygen atoms in total. The van der Waals surface area contributed by atoms with Gasteiger partial charge in [0.15, 0.2) is 5.82 Å². The number of nitriles is 1. The maximum atomic E-state index is 7.61. The van der Waals surface area contributed by atoms with Crippen molar-refractivity contribution in [2.24, 2.45) is 10.9 Å². The second-order valence-corrected chi connectivity index (χ2v) is 2.33. The summed E-state index contributed by atoms with van der Waals surface area (Å²) in [5, 5.41) is 21.0. The second kappa shape index (κ2) is 9.98. The lowest BCUT2D eigenvalue weighted by atomic mass is 10.7. The highest BCUT2D eigenvalue weighted by Crippen LogP contribution is 1.89. The van der Waals surface area contributed by atoms with Gasteiger partial charge in [-0.15, -0.1) is 0 Å². The van der Waals surface area contributed by atoms with Crippen LogP contribution in [0.2, 0.25) is 0 Å². The van der Waals surface area contributed by atoms with Crippen molar-refractivity contribution in [2.75, 3.05) is 0 Å². The Morgan fingerprint density at radius 1 is 1.60 bits per heavy atom. The molecule has 3 N–H and O–H groups in total. The molecule has 0 radical (unpaired) electrons. The molecule has 0 bridgehead atoms.